The zero-order valence-electron chi connectivity index (χ0n) is 12.8. The van der Waals surface area contributed by atoms with Crippen LogP contribution in [0.25, 0.3) is 10.1 Å². The Labute approximate surface area is 139 Å². The predicted octanol–water partition coefficient (Wildman–Crippen LogP) is 6.62. The second kappa shape index (κ2) is 5.58. The van der Waals surface area contributed by atoms with Gasteiger partial charge in [0.2, 0.25) is 0 Å². The summed E-state index contributed by atoms with van der Waals surface area (Å²) < 4.78 is 1.36. The van der Waals surface area contributed by atoms with E-state index < -0.39 is 0 Å². The van der Waals surface area contributed by atoms with Gasteiger partial charge in [0.05, 0.1) is 4.83 Å². The Kier molecular flexibility index (Phi) is 3.94. The van der Waals surface area contributed by atoms with Crippen molar-refractivity contribution in [3.8, 4) is 0 Å². The van der Waals surface area contributed by atoms with Gasteiger partial charge in [0.25, 0.3) is 0 Å². The van der Waals surface area contributed by atoms with Gasteiger partial charge in [-0.1, -0.05) is 40.2 Å². The molecular weight excluding hydrogens is 340 g/mol. The second-order valence-corrected chi connectivity index (χ2v) is 7.55. The third kappa shape index (κ3) is 2.45. The fourth-order valence-electron chi connectivity index (χ4n) is 2.98. The highest BCUT2D eigenvalue weighted by atomic mass is 79.9. The number of alkyl halides is 1. The summed E-state index contributed by atoms with van der Waals surface area (Å²) in [5.74, 6) is 0. The standard InChI is InChI=1S/C19H19BrS/c1-11-9-12(2)14(4)18(13(11)3)19(20)16-10-21-17-8-6-5-7-15(16)17/h5-10,19H,1-4H3. The summed E-state index contributed by atoms with van der Waals surface area (Å²) in [5, 5.41) is 3.66. The fourth-order valence-corrected chi connectivity index (χ4v) is 5.21. The summed E-state index contributed by atoms with van der Waals surface area (Å²) in [6.07, 6.45) is 0. The van der Waals surface area contributed by atoms with Gasteiger partial charge >= 0.3 is 0 Å². The van der Waals surface area contributed by atoms with Crippen molar-refractivity contribution in [1.82, 2.24) is 0 Å². The molecule has 1 heterocycles. The highest BCUT2D eigenvalue weighted by molar-refractivity contribution is 9.09. The van der Waals surface area contributed by atoms with Crippen molar-refractivity contribution in [2.45, 2.75) is 32.5 Å². The van der Waals surface area contributed by atoms with Crippen molar-refractivity contribution in [2.24, 2.45) is 0 Å². The first-order valence-electron chi connectivity index (χ1n) is 7.18. The molecule has 0 saturated heterocycles. The minimum Gasteiger partial charge on any atom is -0.143 e. The molecule has 1 unspecified atom stereocenters. The van der Waals surface area contributed by atoms with E-state index in [1.165, 1.54) is 43.5 Å². The Morgan fingerprint density at radius 1 is 0.952 bits per heavy atom. The number of thiophene rings is 1. The number of aryl methyl sites for hydroxylation is 2. The molecule has 1 aromatic heterocycles. The third-order valence-corrected chi connectivity index (χ3v) is 6.39. The normalized spacial score (nSPS) is 12.8. The quantitative estimate of drug-likeness (QED) is 0.451. The fraction of sp³-hybridized carbons (Fsp3) is 0.263. The molecule has 0 spiro atoms. The summed E-state index contributed by atoms with van der Waals surface area (Å²) >= 11 is 5.80. The molecule has 0 nitrogen and oxygen atoms in total. The zero-order chi connectivity index (χ0) is 15.1. The molecule has 0 aliphatic rings. The lowest BCUT2D eigenvalue weighted by molar-refractivity contribution is 1.09. The Morgan fingerprint density at radius 2 is 1.57 bits per heavy atom. The molecule has 3 rings (SSSR count). The van der Waals surface area contributed by atoms with Crippen molar-refractivity contribution < 1.29 is 0 Å². The van der Waals surface area contributed by atoms with Gasteiger partial charge in [-0.2, -0.15) is 0 Å². The van der Waals surface area contributed by atoms with E-state index in [9.17, 15) is 0 Å². The Morgan fingerprint density at radius 3 is 2.24 bits per heavy atom. The monoisotopic (exact) mass is 358 g/mol. The minimum atomic E-state index is 0.257. The molecule has 0 bridgehead atoms. The van der Waals surface area contributed by atoms with Crippen molar-refractivity contribution in [1.29, 1.82) is 0 Å². The number of halogens is 1. The van der Waals surface area contributed by atoms with Crippen LogP contribution in [0.15, 0.2) is 35.7 Å². The third-order valence-electron chi connectivity index (χ3n) is 4.46. The molecule has 0 aliphatic carbocycles. The first kappa shape index (κ1) is 14.8. The van der Waals surface area contributed by atoms with Crippen molar-refractivity contribution in [3.05, 3.63) is 69.1 Å². The van der Waals surface area contributed by atoms with Crippen molar-refractivity contribution in [2.75, 3.05) is 0 Å². The lowest BCUT2D eigenvalue weighted by Crippen LogP contribution is -2.02. The highest BCUT2D eigenvalue weighted by Crippen LogP contribution is 2.42. The molecule has 0 radical (unpaired) electrons. The molecule has 21 heavy (non-hydrogen) atoms. The maximum absolute atomic E-state index is 3.97. The average Bonchev–Trinajstić information content (AvgIpc) is 2.89. The van der Waals surface area contributed by atoms with Crippen LogP contribution in [0.1, 0.15) is 38.2 Å². The van der Waals surface area contributed by atoms with Crippen LogP contribution in [0.4, 0.5) is 0 Å². The molecule has 0 saturated carbocycles. The molecular formula is C19H19BrS. The van der Waals surface area contributed by atoms with Crippen molar-refractivity contribution >= 4 is 37.4 Å². The molecule has 3 aromatic rings. The Hall–Kier alpha value is -1.12. The van der Waals surface area contributed by atoms with E-state index in [0.29, 0.717) is 0 Å². The van der Waals surface area contributed by atoms with Gasteiger partial charge < -0.3 is 0 Å². The number of hydrogen-bond donors (Lipinski definition) is 0. The summed E-state index contributed by atoms with van der Waals surface area (Å²) in [6.45, 7) is 8.88. The topological polar surface area (TPSA) is 0 Å². The van der Waals surface area contributed by atoms with E-state index >= 15 is 0 Å². The van der Waals surface area contributed by atoms with Crippen LogP contribution < -0.4 is 0 Å². The minimum absolute atomic E-state index is 0.257. The van der Waals surface area contributed by atoms with Crippen LogP contribution in [0, 0.1) is 27.7 Å². The van der Waals surface area contributed by atoms with Crippen LogP contribution in [-0.2, 0) is 0 Å². The van der Waals surface area contributed by atoms with Gasteiger partial charge in [0.15, 0.2) is 0 Å². The van der Waals surface area contributed by atoms with E-state index in [0.717, 1.165) is 0 Å². The molecule has 1 atom stereocenters. The Bertz CT molecular complexity index is 788. The number of benzene rings is 2. The second-order valence-electron chi connectivity index (χ2n) is 5.72. The lowest BCUT2D eigenvalue weighted by Gasteiger charge is -2.20. The zero-order valence-corrected chi connectivity index (χ0v) is 15.2. The maximum atomic E-state index is 3.97. The molecule has 2 heteroatoms. The van der Waals surface area contributed by atoms with Crippen LogP contribution >= 0.6 is 27.3 Å². The predicted molar refractivity (Wildman–Crippen MR) is 98.0 cm³/mol. The van der Waals surface area contributed by atoms with E-state index in [1.807, 2.05) is 11.3 Å². The van der Waals surface area contributed by atoms with Gasteiger partial charge in [-0.15, -0.1) is 11.3 Å². The SMILES string of the molecule is Cc1cc(C)c(C)c(C(Br)c2csc3ccccc23)c1C. The largest absolute Gasteiger partial charge is 0.143 e. The summed E-state index contributed by atoms with van der Waals surface area (Å²) in [6, 6.07) is 10.9. The van der Waals surface area contributed by atoms with Gasteiger partial charge in [-0.05, 0) is 77.9 Å². The highest BCUT2D eigenvalue weighted by Gasteiger charge is 2.20. The van der Waals surface area contributed by atoms with Gasteiger partial charge in [-0.25, -0.2) is 0 Å². The smallest absolute Gasteiger partial charge is 0.0664 e. The van der Waals surface area contributed by atoms with Crippen LogP contribution in [0.2, 0.25) is 0 Å². The van der Waals surface area contributed by atoms with E-state index in [2.05, 4.69) is 79.3 Å². The van der Waals surface area contributed by atoms with Gasteiger partial charge in [0.1, 0.15) is 0 Å². The van der Waals surface area contributed by atoms with Crippen molar-refractivity contribution in [3.63, 3.8) is 0 Å². The van der Waals surface area contributed by atoms with Gasteiger partial charge in [0, 0.05) is 4.70 Å². The number of hydrogen-bond acceptors (Lipinski definition) is 1. The van der Waals surface area contributed by atoms with E-state index in [-0.39, 0.29) is 4.83 Å². The molecule has 0 amide bonds. The van der Waals surface area contributed by atoms with Crippen LogP contribution in [0.5, 0.6) is 0 Å². The van der Waals surface area contributed by atoms with E-state index in [1.54, 1.807) is 0 Å². The Balaban J connectivity index is 2.21. The molecule has 0 N–H and O–H groups in total. The van der Waals surface area contributed by atoms with Crippen LogP contribution in [-0.4, -0.2) is 0 Å². The van der Waals surface area contributed by atoms with E-state index in [4.69, 9.17) is 0 Å². The van der Waals surface area contributed by atoms with Crippen LogP contribution in [0.3, 0.4) is 0 Å². The first-order chi connectivity index (χ1) is 10.0. The maximum Gasteiger partial charge on any atom is 0.0664 e. The lowest BCUT2D eigenvalue weighted by atomic mass is 9.90. The first-order valence-corrected chi connectivity index (χ1v) is 8.97. The summed E-state index contributed by atoms with van der Waals surface area (Å²) in [7, 11) is 0. The van der Waals surface area contributed by atoms with Gasteiger partial charge in [-0.3, -0.25) is 0 Å². The number of rotatable bonds is 2. The number of fused-ring (bicyclic) bond motifs is 1. The molecule has 108 valence electrons. The molecule has 0 aliphatic heterocycles. The summed E-state index contributed by atoms with van der Waals surface area (Å²) in [4.78, 5) is 0.257. The molecule has 0 fully saturated rings. The summed E-state index contributed by atoms with van der Waals surface area (Å²) in [5.41, 5.74) is 8.35. The average molecular weight is 359 g/mol. The molecule has 2 aromatic carbocycles.